The molecule has 0 aliphatic carbocycles. The van der Waals surface area contributed by atoms with Crippen molar-refractivity contribution in [1.29, 1.82) is 0 Å². The van der Waals surface area contributed by atoms with E-state index in [0.717, 1.165) is 25.2 Å². The summed E-state index contributed by atoms with van der Waals surface area (Å²) in [5.74, 6) is 0.138. The lowest BCUT2D eigenvalue weighted by Gasteiger charge is -2.18. The number of guanidine groups is 1. The van der Waals surface area contributed by atoms with Crippen LogP contribution < -0.4 is 11.5 Å². The standard InChI is InChI=1S/C13H22N4/c1-3-17(4-2)10-12-7-5-6-11(8-12)9-16-13(14)15/h5-8H,3-4,9-10H2,1-2H3,(H4,14,15,16). The third kappa shape index (κ3) is 4.87. The highest BCUT2D eigenvalue weighted by molar-refractivity contribution is 5.75. The Morgan fingerprint density at radius 2 is 1.82 bits per heavy atom. The van der Waals surface area contributed by atoms with Gasteiger partial charge in [-0.2, -0.15) is 0 Å². The van der Waals surface area contributed by atoms with Crippen molar-refractivity contribution in [3.63, 3.8) is 0 Å². The third-order valence-corrected chi connectivity index (χ3v) is 2.74. The summed E-state index contributed by atoms with van der Waals surface area (Å²) in [6.45, 7) is 8.00. The van der Waals surface area contributed by atoms with Gasteiger partial charge in [0.25, 0.3) is 0 Å². The zero-order valence-corrected chi connectivity index (χ0v) is 10.7. The summed E-state index contributed by atoms with van der Waals surface area (Å²) in [6, 6.07) is 8.39. The predicted octanol–water partition coefficient (Wildman–Crippen LogP) is 1.30. The van der Waals surface area contributed by atoms with E-state index in [1.54, 1.807) is 0 Å². The second-order valence-electron chi connectivity index (χ2n) is 4.02. The van der Waals surface area contributed by atoms with E-state index in [1.807, 2.05) is 6.07 Å². The SMILES string of the molecule is CCN(CC)Cc1cccc(CN=C(N)N)c1. The van der Waals surface area contributed by atoms with E-state index in [0.29, 0.717) is 6.54 Å². The fourth-order valence-corrected chi connectivity index (χ4v) is 1.71. The van der Waals surface area contributed by atoms with Crippen LogP contribution in [0, 0.1) is 0 Å². The number of aliphatic imine (C=N–C) groups is 1. The summed E-state index contributed by atoms with van der Waals surface area (Å²) in [5, 5.41) is 0. The first kappa shape index (κ1) is 13.5. The van der Waals surface area contributed by atoms with Gasteiger partial charge >= 0.3 is 0 Å². The van der Waals surface area contributed by atoms with Gasteiger partial charge in [0, 0.05) is 6.54 Å². The summed E-state index contributed by atoms with van der Waals surface area (Å²) in [6.07, 6.45) is 0. The number of nitrogens with two attached hydrogens (primary N) is 2. The molecule has 0 bridgehead atoms. The predicted molar refractivity (Wildman–Crippen MR) is 72.6 cm³/mol. The van der Waals surface area contributed by atoms with Gasteiger partial charge < -0.3 is 11.5 Å². The second kappa shape index (κ2) is 6.91. The van der Waals surface area contributed by atoms with Crippen LogP contribution in [-0.2, 0) is 13.1 Å². The molecule has 0 aliphatic rings. The molecule has 0 saturated heterocycles. The van der Waals surface area contributed by atoms with Crippen LogP contribution in [0.1, 0.15) is 25.0 Å². The molecule has 4 nitrogen and oxygen atoms in total. The van der Waals surface area contributed by atoms with Crippen LogP contribution in [-0.4, -0.2) is 23.9 Å². The number of rotatable bonds is 6. The van der Waals surface area contributed by atoms with Crippen molar-refractivity contribution in [1.82, 2.24) is 4.90 Å². The Balaban J connectivity index is 2.68. The molecule has 4 N–H and O–H groups in total. The maximum absolute atomic E-state index is 5.32. The minimum atomic E-state index is 0.138. The molecule has 0 atom stereocenters. The molecule has 0 heterocycles. The average molecular weight is 234 g/mol. The van der Waals surface area contributed by atoms with Gasteiger partial charge in [0.05, 0.1) is 6.54 Å². The van der Waals surface area contributed by atoms with Crippen molar-refractivity contribution < 1.29 is 0 Å². The first-order valence-corrected chi connectivity index (χ1v) is 6.01. The fourth-order valence-electron chi connectivity index (χ4n) is 1.71. The van der Waals surface area contributed by atoms with Gasteiger partial charge in [-0.1, -0.05) is 38.1 Å². The number of benzene rings is 1. The van der Waals surface area contributed by atoms with Crippen LogP contribution in [0.3, 0.4) is 0 Å². The van der Waals surface area contributed by atoms with Crippen molar-refractivity contribution in [2.24, 2.45) is 16.5 Å². The van der Waals surface area contributed by atoms with E-state index in [2.05, 4.69) is 41.9 Å². The zero-order valence-electron chi connectivity index (χ0n) is 10.7. The van der Waals surface area contributed by atoms with Crippen LogP contribution in [0.5, 0.6) is 0 Å². The summed E-state index contributed by atoms with van der Waals surface area (Å²) in [4.78, 5) is 6.39. The van der Waals surface area contributed by atoms with E-state index in [9.17, 15) is 0 Å². The first-order chi connectivity index (χ1) is 8.15. The van der Waals surface area contributed by atoms with Crippen molar-refractivity contribution in [3.8, 4) is 0 Å². The van der Waals surface area contributed by atoms with Crippen LogP contribution in [0.25, 0.3) is 0 Å². The van der Waals surface area contributed by atoms with Gasteiger partial charge in [0.2, 0.25) is 0 Å². The second-order valence-corrected chi connectivity index (χ2v) is 4.02. The van der Waals surface area contributed by atoms with E-state index in [-0.39, 0.29) is 5.96 Å². The summed E-state index contributed by atoms with van der Waals surface area (Å²) < 4.78 is 0. The molecule has 17 heavy (non-hydrogen) atoms. The topological polar surface area (TPSA) is 67.6 Å². The largest absolute Gasteiger partial charge is 0.370 e. The lowest BCUT2D eigenvalue weighted by Crippen LogP contribution is -2.23. The van der Waals surface area contributed by atoms with E-state index in [1.165, 1.54) is 5.56 Å². The Hall–Kier alpha value is -1.55. The molecule has 0 saturated carbocycles. The molecule has 0 unspecified atom stereocenters. The average Bonchev–Trinajstić information content (AvgIpc) is 2.34. The van der Waals surface area contributed by atoms with E-state index < -0.39 is 0 Å². The van der Waals surface area contributed by atoms with Crippen LogP contribution in [0.15, 0.2) is 29.3 Å². The number of hydrogen-bond donors (Lipinski definition) is 2. The number of hydrogen-bond acceptors (Lipinski definition) is 2. The third-order valence-electron chi connectivity index (χ3n) is 2.74. The van der Waals surface area contributed by atoms with E-state index in [4.69, 9.17) is 11.5 Å². The highest BCUT2D eigenvalue weighted by atomic mass is 15.1. The quantitative estimate of drug-likeness (QED) is 0.576. The molecular weight excluding hydrogens is 212 g/mol. The van der Waals surface area contributed by atoms with Crippen molar-refractivity contribution in [2.45, 2.75) is 26.9 Å². The molecule has 0 aliphatic heterocycles. The molecule has 0 aromatic heterocycles. The normalized spacial score (nSPS) is 10.5. The highest BCUT2D eigenvalue weighted by Crippen LogP contribution is 2.09. The van der Waals surface area contributed by atoms with Crippen LogP contribution in [0.2, 0.25) is 0 Å². The molecular formula is C13H22N4. The summed E-state index contributed by atoms with van der Waals surface area (Å²) in [5.41, 5.74) is 13.1. The summed E-state index contributed by atoms with van der Waals surface area (Å²) >= 11 is 0. The van der Waals surface area contributed by atoms with Gasteiger partial charge in [0.1, 0.15) is 0 Å². The highest BCUT2D eigenvalue weighted by Gasteiger charge is 2.01. The minimum Gasteiger partial charge on any atom is -0.370 e. The Bertz CT molecular complexity index is 365. The Labute approximate surface area is 103 Å². The summed E-state index contributed by atoms with van der Waals surface area (Å²) in [7, 11) is 0. The first-order valence-electron chi connectivity index (χ1n) is 6.01. The Morgan fingerprint density at radius 1 is 1.18 bits per heavy atom. The van der Waals surface area contributed by atoms with E-state index >= 15 is 0 Å². The minimum absolute atomic E-state index is 0.138. The lowest BCUT2D eigenvalue weighted by molar-refractivity contribution is 0.296. The molecule has 0 fully saturated rings. The molecule has 0 radical (unpaired) electrons. The van der Waals surface area contributed by atoms with Gasteiger partial charge in [-0.15, -0.1) is 0 Å². The molecule has 4 heteroatoms. The molecule has 1 rings (SSSR count). The smallest absolute Gasteiger partial charge is 0.186 e. The van der Waals surface area contributed by atoms with Gasteiger partial charge in [0.15, 0.2) is 5.96 Å². The van der Waals surface area contributed by atoms with Gasteiger partial charge in [-0.25, -0.2) is 4.99 Å². The maximum atomic E-state index is 5.32. The molecule has 1 aromatic rings. The molecule has 1 aromatic carbocycles. The van der Waals surface area contributed by atoms with Gasteiger partial charge in [-0.05, 0) is 24.2 Å². The lowest BCUT2D eigenvalue weighted by atomic mass is 10.1. The fraction of sp³-hybridized carbons (Fsp3) is 0.462. The molecule has 94 valence electrons. The number of nitrogens with zero attached hydrogens (tertiary/aromatic N) is 2. The molecule has 0 spiro atoms. The Kier molecular flexibility index (Phi) is 5.49. The maximum Gasteiger partial charge on any atom is 0.186 e. The van der Waals surface area contributed by atoms with Crippen molar-refractivity contribution in [3.05, 3.63) is 35.4 Å². The van der Waals surface area contributed by atoms with Crippen molar-refractivity contribution in [2.75, 3.05) is 13.1 Å². The van der Waals surface area contributed by atoms with Crippen LogP contribution in [0.4, 0.5) is 0 Å². The van der Waals surface area contributed by atoms with Gasteiger partial charge in [-0.3, -0.25) is 4.90 Å². The molecule has 0 amide bonds. The zero-order chi connectivity index (χ0) is 12.7. The Morgan fingerprint density at radius 3 is 2.41 bits per heavy atom. The van der Waals surface area contributed by atoms with Crippen LogP contribution >= 0.6 is 0 Å². The van der Waals surface area contributed by atoms with Crippen molar-refractivity contribution >= 4 is 5.96 Å². The monoisotopic (exact) mass is 234 g/mol.